The Morgan fingerprint density at radius 3 is 1.42 bits per heavy atom. The van der Waals surface area contributed by atoms with Crippen molar-refractivity contribution in [3.8, 4) is 34.9 Å². The second-order valence-corrected chi connectivity index (χ2v) is 27.6. The summed E-state index contributed by atoms with van der Waals surface area (Å²) in [5.41, 5.74) is 10.1. The fraction of sp³-hybridized carbons (Fsp3) is 0.429. The average molecular weight is 867 g/mol. The monoisotopic (exact) mass is 866 g/mol. The van der Waals surface area contributed by atoms with Crippen LogP contribution in [0, 0.1) is 27.0 Å². The Morgan fingerprint density at radius 1 is 0.679 bits per heavy atom. The van der Waals surface area contributed by atoms with Crippen LogP contribution < -0.4 is 19.3 Å². The van der Waals surface area contributed by atoms with Crippen molar-refractivity contribution in [2.45, 2.75) is 104 Å². The van der Waals surface area contributed by atoms with Crippen molar-refractivity contribution >= 4 is 73.5 Å². The largest absolute Gasteiger partial charge is 0.495 e. The molecule has 2 aliphatic heterocycles. The number of hydrogen-bond donors (Lipinski definition) is 0. The molecule has 0 radical (unpaired) electrons. The summed E-state index contributed by atoms with van der Waals surface area (Å²) in [6.07, 6.45) is 10.9. The summed E-state index contributed by atoms with van der Waals surface area (Å²) < 4.78 is 12.1. The minimum absolute atomic E-state index is 0.0794. The second-order valence-electron chi connectivity index (χ2n) is 16.9. The minimum atomic E-state index is -1.57. The van der Waals surface area contributed by atoms with Gasteiger partial charge in [0.05, 0.1) is 41.9 Å². The van der Waals surface area contributed by atoms with Gasteiger partial charge in [0, 0.05) is 29.2 Å². The van der Waals surface area contributed by atoms with Crippen LogP contribution in [0.5, 0.6) is 11.5 Å². The van der Waals surface area contributed by atoms with Gasteiger partial charge in [0.1, 0.15) is 27.6 Å². The summed E-state index contributed by atoms with van der Waals surface area (Å²) in [7, 11) is 0.619. The predicted octanol–water partition coefficient (Wildman–Crippen LogP) is 8.95. The summed E-state index contributed by atoms with van der Waals surface area (Å²) in [5.74, 6) is 4.09. The summed E-state index contributed by atoms with van der Waals surface area (Å²) in [4.78, 5) is 50.2. The number of rotatable bonds is 4. The van der Waals surface area contributed by atoms with Crippen molar-refractivity contribution < 1.29 is 28.7 Å². The number of hydrogen-bond acceptors (Lipinski definition) is 6. The molecule has 2 aromatic rings. The molecule has 0 saturated carbocycles. The maximum Gasteiger partial charge on any atom is 0.238 e. The van der Waals surface area contributed by atoms with Crippen molar-refractivity contribution in [1.82, 2.24) is 0 Å². The number of terminal acetylenes is 1. The zero-order valence-corrected chi connectivity index (χ0v) is 38.0. The molecule has 0 aromatic heterocycles. The maximum atomic E-state index is 12.3. The van der Waals surface area contributed by atoms with Crippen molar-refractivity contribution in [2.24, 2.45) is 0 Å². The van der Waals surface area contributed by atoms with E-state index in [0.29, 0.717) is 5.69 Å². The van der Waals surface area contributed by atoms with E-state index in [1.165, 1.54) is 28.2 Å². The molecular weight excluding hydrogens is 812 g/mol. The van der Waals surface area contributed by atoms with Gasteiger partial charge in [0.25, 0.3) is 0 Å². The van der Waals surface area contributed by atoms with Gasteiger partial charge in [-0.25, -0.2) is 0 Å². The van der Waals surface area contributed by atoms with Gasteiger partial charge >= 0.3 is 0 Å². The smallest absolute Gasteiger partial charge is 0.238 e. The third kappa shape index (κ3) is 13.5. The number of ether oxygens (including phenoxy) is 2. The summed E-state index contributed by atoms with van der Waals surface area (Å²) in [6, 6.07) is 7.68. The molecule has 0 unspecified atom stereocenters. The summed E-state index contributed by atoms with van der Waals surface area (Å²) in [6.45, 7) is 25.6. The third-order valence-corrected chi connectivity index (χ3v) is 10.2. The number of halogens is 1. The molecule has 0 N–H and O–H groups in total. The van der Waals surface area contributed by atoms with Crippen LogP contribution in [-0.2, 0) is 30.0 Å². The Kier molecular flexibility index (Phi) is 15.3. The lowest BCUT2D eigenvalue weighted by atomic mass is 9.84. The van der Waals surface area contributed by atoms with Crippen molar-refractivity contribution in [2.75, 3.05) is 24.0 Å². The van der Waals surface area contributed by atoms with E-state index in [2.05, 4.69) is 120 Å². The molecule has 0 aliphatic carbocycles. The Morgan fingerprint density at radius 2 is 1.08 bits per heavy atom. The first-order valence-corrected chi connectivity index (χ1v) is 25.5. The Labute approximate surface area is 332 Å². The SMILES string of the molecule is C#C[Si](C)(C)C.COc1c(C#C[Si](C)(C)C)cc(N2C=CC(=O)CC2=O)cc1C(C)(C)C.COc1c(I)cc(N2C=CC(=O)CC2=O)cc1C(C)(C)C. The molecule has 2 heterocycles. The first kappa shape index (κ1) is 45.2. The van der Waals surface area contributed by atoms with Crippen LogP contribution in [0.2, 0.25) is 39.3 Å². The van der Waals surface area contributed by atoms with E-state index >= 15 is 0 Å². The molecule has 2 aromatic carbocycles. The Bertz CT molecular complexity index is 1900. The van der Waals surface area contributed by atoms with Gasteiger partial charge in [-0.1, -0.05) is 86.7 Å². The molecule has 2 amide bonds. The molecule has 0 spiro atoms. The van der Waals surface area contributed by atoms with Crippen LogP contribution >= 0.6 is 22.6 Å². The Hall–Kier alpha value is -3.92. The highest BCUT2D eigenvalue weighted by Crippen LogP contribution is 2.40. The van der Waals surface area contributed by atoms with Gasteiger partial charge in [0.2, 0.25) is 11.8 Å². The van der Waals surface area contributed by atoms with Crippen LogP contribution in [0.3, 0.4) is 0 Å². The molecule has 0 bridgehead atoms. The normalized spacial score (nSPS) is 14.7. The molecule has 11 heteroatoms. The third-order valence-electron chi connectivity index (χ3n) is 7.70. The van der Waals surface area contributed by atoms with Gasteiger partial charge in [0.15, 0.2) is 11.6 Å². The maximum absolute atomic E-state index is 12.3. The van der Waals surface area contributed by atoms with Gasteiger partial charge in [-0.05, 0) is 69.8 Å². The van der Waals surface area contributed by atoms with Crippen LogP contribution in [0.25, 0.3) is 0 Å². The molecule has 53 heavy (non-hydrogen) atoms. The number of allylic oxidation sites excluding steroid dienone is 2. The second kappa shape index (κ2) is 17.9. The first-order chi connectivity index (χ1) is 24.2. The van der Waals surface area contributed by atoms with E-state index < -0.39 is 16.1 Å². The lowest BCUT2D eigenvalue weighted by Crippen LogP contribution is -2.31. The molecular formula is C42H55IN2O6Si2. The van der Waals surface area contributed by atoms with Crippen LogP contribution in [-0.4, -0.2) is 53.7 Å². The fourth-order valence-electron chi connectivity index (χ4n) is 4.89. The fourth-order valence-corrected chi connectivity index (χ4v) is 6.23. The van der Waals surface area contributed by atoms with Gasteiger partial charge < -0.3 is 9.47 Å². The molecule has 0 fully saturated rings. The van der Waals surface area contributed by atoms with Gasteiger partial charge in [-0.3, -0.25) is 29.0 Å². The van der Waals surface area contributed by atoms with E-state index in [1.807, 2.05) is 24.3 Å². The van der Waals surface area contributed by atoms with E-state index in [0.717, 1.165) is 37.4 Å². The molecule has 2 aliphatic rings. The lowest BCUT2D eigenvalue weighted by molar-refractivity contribution is -0.126. The summed E-state index contributed by atoms with van der Waals surface area (Å²) in [5, 5.41) is 0. The topological polar surface area (TPSA) is 93.2 Å². The standard InChI is InChI=1S/C21H27NO3Si.C16H18INO3.C5H10Si/c1-21(2,3)18-13-16(22-10-8-17(23)14-19(22)24)12-15(20(18)25-4)9-11-26(5,6)7;1-16(2,3)12-7-10(8-13(17)15(12)21-4)18-6-5-11(19)9-14(18)20;1-5-6(2,3)4/h8,10,12-13H,14H2,1-7H3;5-8H,9H2,1-4H3;1H,2-4H3. The average Bonchev–Trinajstić information content (AvgIpc) is 3.02. The van der Waals surface area contributed by atoms with Crippen LogP contribution in [0.15, 0.2) is 48.8 Å². The van der Waals surface area contributed by atoms with Crippen LogP contribution in [0.1, 0.15) is 71.1 Å². The minimum Gasteiger partial charge on any atom is -0.495 e. The number of benzene rings is 2. The number of carbonyl (C=O) groups excluding carboxylic acids is 4. The number of amides is 2. The van der Waals surface area contributed by atoms with E-state index in [4.69, 9.17) is 15.9 Å². The quantitative estimate of drug-likeness (QED) is 0.132. The molecule has 284 valence electrons. The van der Waals surface area contributed by atoms with E-state index in [1.54, 1.807) is 20.4 Å². The van der Waals surface area contributed by atoms with E-state index in [-0.39, 0.29) is 47.1 Å². The lowest BCUT2D eigenvalue weighted by Gasteiger charge is -2.27. The van der Waals surface area contributed by atoms with E-state index in [9.17, 15) is 19.2 Å². The highest BCUT2D eigenvalue weighted by molar-refractivity contribution is 14.1. The number of anilines is 2. The zero-order valence-electron chi connectivity index (χ0n) is 33.8. The number of ketones is 2. The molecule has 4 rings (SSSR count). The predicted molar refractivity (Wildman–Crippen MR) is 231 cm³/mol. The number of methoxy groups -OCH3 is 2. The first-order valence-electron chi connectivity index (χ1n) is 17.4. The zero-order chi connectivity index (χ0) is 40.7. The van der Waals surface area contributed by atoms with Crippen molar-refractivity contribution in [3.05, 3.63) is 69.1 Å². The van der Waals surface area contributed by atoms with Crippen LogP contribution in [0.4, 0.5) is 11.4 Å². The number of carbonyl (C=O) groups is 4. The molecule has 0 atom stereocenters. The van der Waals surface area contributed by atoms with Crippen molar-refractivity contribution in [3.63, 3.8) is 0 Å². The Balaban J connectivity index is 0.000000323. The van der Waals surface area contributed by atoms with Crippen molar-refractivity contribution in [1.29, 1.82) is 0 Å². The number of nitrogens with zero attached hydrogens (tertiary/aromatic N) is 2. The molecule has 8 nitrogen and oxygen atoms in total. The highest BCUT2D eigenvalue weighted by atomic mass is 127. The van der Waals surface area contributed by atoms with Gasteiger partial charge in [-0.2, -0.15) is 0 Å². The molecule has 0 saturated heterocycles. The van der Waals surface area contributed by atoms with Gasteiger partial charge in [-0.15, -0.1) is 17.5 Å². The highest BCUT2D eigenvalue weighted by Gasteiger charge is 2.28. The summed E-state index contributed by atoms with van der Waals surface area (Å²) >= 11 is 2.20.